The predicted octanol–water partition coefficient (Wildman–Crippen LogP) is 5.06. The van der Waals surface area contributed by atoms with Gasteiger partial charge in [0.2, 0.25) is 11.7 Å². The van der Waals surface area contributed by atoms with Crippen molar-refractivity contribution in [2.75, 3.05) is 19.4 Å². The smallest absolute Gasteiger partial charge is 0.233 e. The van der Waals surface area contributed by atoms with Crippen LogP contribution in [0.5, 0.6) is 5.75 Å². The van der Waals surface area contributed by atoms with Gasteiger partial charge in [0.15, 0.2) is 10.9 Å². The number of hydrogen-bond donors (Lipinski definition) is 0. The van der Waals surface area contributed by atoms with Crippen molar-refractivity contribution >= 4 is 17.7 Å². The van der Waals surface area contributed by atoms with Crippen molar-refractivity contribution < 1.29 is 13.9 Å². The number of hydrogen-bond acceptors (Lipinski definition) is 6. The number of amides is 1. The number of likely N-dealkylation sites (tertiary alicyclic amines) is 1. The van der Waals surface area contributed by atoms with Crippen LogP contribution in [0.15, 0.2) is 52.2 Å². The second-order valence-electron chi connectivity index (χ2n) is 10.1. The maximum atomic E-state index is 13.4. The highest BCUT2D eigenvalue weighted by Crippen LogP contribution is 2.55. The number of fused-ring (bicyclic) bond motifs is 2. The minimum Gasteiger partial charge on any atom is -0.495 e. The highest BCUT2D eigenvalue weighted by molar-refractivity contribution is 7.99. The summed E-state index contributed by atoms with van der Waals surface area (Å²) in [7, 11) is 1.64. The van der Waals surface area contributed by atoms with Crippen LogP contribution in [0.25, 0.3) is 17.3 Å². The Labute approximate surface area is 198 Å². The standard InChI is InChI=1S/C25H30N4O3S/c1-24(2)16-25(3)11-12-28(20(24)14-25)21(30)15-33-23-27-26-22(19-10-7-13-32-19)29(23)17-8-5-6-9-18(17)31-4/h5-10,13,20H,11-12,14-16H2,1-4H3. The molecule has 8 heteroatoms. The van der Waals surface area contributed by atoms with Crippen molar-refractivity contribution in [3.05, 3.63) is 42.7 Å². The van der Waals surface area contributed by atoms with Crippen LogP contribution < -0.4 is 4.74 Å². The van der Waals surface area contributed by atoms with Crippen molar-refractivity contribution in [2.45, 2.75) is 51.2 Å². The lowest BCUT2D eigenvalue weighted by atomic mass is 9.81. The average molecular weight is 467 g/mol. The van der Waals surface area contributed by atoms with E-state index in [9.17, 15) is 4.79 Å². The van der Waals surface area contributed by atoms with E-state index in [1.807, 2.05) is 41.0 Å². The number of rotatable bonds is 6. The Balaban J connectivity index is 1.42. The Kier molecular flexibility index (Phi) is 5.51. The zero-order valence-electron chi connectivity index (χ0n) is 19.6. The first-order chi connectivity index (χ1) is 15.8. The number of aromatic nitrogens is 3. The molecule has 1 aliphatic carbocycles. The maximum Gasteiger partial charge on any atom is 0.233 e. The molecule has 3 heterocycles. The number of thioether (sulfide) groups is 1. The second kappa shape index (κ2) is 8.24. The van der Waals surface area contributed by atoms with Crippen LogP contribution in [0.1, 0.15) is 40.0 Å². The summed E-state index contributed by atoms with van der Waals surface area (Å²) in [5.74, 6) is 2.35. The van der Waals surface area contributed by atoms with Crippen LogP contribution in [0.2, 0.25) is 0 Å². The number of nitrogens with zero attached hydrogens (tertiary/aromatic N) is 4. The third-order valence-electron chi connectivity index (χ3n) is 7.15. The molecule has 3 aromatic rings. The summed E-state index contributed by atoms with van der Waals surface area (Å²) in [4.78, 5) is 15.5. The monoisotopic (exact) mass is 466 g/mol. The zero-order valence-corrected chi connectivity index (χ0v) is 20.4. The summed E-state index contributed by atoms with van der Waals surface area (Å²) < 4.78 is 13.1. The number of para-hydroxylation sites is 2. The number of methoxy groups -OCH3 is 1. The van der Waals surface area contributed by atoms with E-state index in [4.69, 9.17) is 9.15 Å². The zero-order chi connectivity index (χ0) is 23.2. The van der Waals surface area contributed by atoms with Crippen LogP contribution in [-0.4, -0.2) is 51.0 Å². The van der Waals surface area contributed by atoms with E-state index in [2.05, 4.69) is 35.9 Å². The fourth-order valence-electron chi connectivity index (χ4n) is 5.77. The molecule has 33 heavy (non-hydrogen) atoms. The molecule has 2 bridgehead atoms. The largest absolute Gasteiger partial charge is 0.495 e. The molecule has 1 amide bonds. The summed E-state index contributed by atoms with van der Waals surface area (Å²) in [5.41, 5.74) is 1.31. The summed E-state index contributed by atoms with van der Waals surface area (Å²) in [5, 5.41) is 9.44. The number of carbonyl (C=O) groups is 1. The van der Waals surface area contributed by atoms with E-state index in [0.29, 0.717) is 39.7 Å². The van der Waals surface area contributed by atoms with Gasteiger partial charge >= 0.3 is 0 Å². The van der Waals surface area contributed by atoms with Crippen LogP contribution in [0.3, 0.4) is 0 Å². The second-order valence-corrected chi connectivity index (χ2v) is 11.1. The number of furan rings is 1. The van der Waals surface area contributed by atoms with Gasteiger partial charge < -0.3 is 14.1 Å². The van der Waals surface area contributed by atoms with Gasteiger partial charge in [0, 0.05) is 12.6 Å². The quantitative estimate of drug-likeness (QED) is 0.473. The molecule has 1 saturated carbocycles. The van der Waals surface area contributed by atoms with Crippen LogP contribution >= 0.6 is 11.8 Å². The highest BCUT2D eigenvalue weighted by atomic mass is 32.2. The van der Waals surface area contributed by atoms with Crippen molar-refractivity contribution in [2.24, 2.45) is 10.8 Å². The van der Waals surface area contributed by atoms with Gasteiger partial charge in [-0.05, 0) is 54.4 Å². The van der Waals surface area contributed by atoms with E-state index in [1.54, 1.807) is 13.4 Å². The third-order valence-corrected chi connectivity index (χ3v) is 8.06. The van der Waals surface area contributed by atoms with Gasteiger partial charge in [-0.15, -0.1) is 10.2 Å². The molecule has 174 valence electrons. The molecule has 2 unspecified atom stereocenters. The van der Waals surface area contributed by atoms with Crippen molar-refractivity contribution in [1.29, 1.82) is 0 Å². The molecular weight excluding hydrogens is 436 g/mol. The minimum absolute atomic E-state index is 0.148. The summed E-state index contributed by atoms with van der Waals surface area (Å²) in [6.07, 6.45) is 4.95. The average Bonchev–Trinajstić information content (AvgIpc) is 3.49. The lowest BCUT2D eigenvalue weighted by molar-refractivity contribution is -0.133. The SMILES string of the molecule is COc1ccccc1-n1c(SCC(=O)N2CCC3(C)CC2C(C)(C)C3)nnc1-c1ccco1. The van der Waals surface area contributed by atoms with Gasteiger partial charge in [-0.2, -0.15) is 0 Å². The van der Waals surface area contributed by atoms with Crippen LogP contribution in [0, 0.1) is 10.8 Å². The van der Waals surface area contributed by atoms with Gasteiger partial charge in [0.1, 0.15) is 5.75 Å². The Morgan fingerprint density at radius 3 is 2.79 bits per heavy atom. The Bertz CT molecular complexity index is 1160. The van der Waals surface area contributed by atoms with E-state index >= 15 is 0 Å². The third kappa shape index (κ3) is 3.94. The van der Waals surface area contributed by atoms with E-state index in [-0.39, 0.29) is 11.3 Å². The van der Waals surface area contributed by atoms with E-state index in [0.717, 1.165) is 25.1 Å². The molecule has 1 aliphatic heterocycles. The summed E-state index contributed by atoms with van der Waals surface area (Å²) >= 11 is 1.41. The molecule has 2 aromatic heterocycles. The molecule has 1 aromatic carbocycles. The molecular formula is C25H30N4O3S. The van der Waals surface area contributed by atoms with Crippen molar-refractivity contribution in [3.63, 3.8) is 0 Å². The Morgan fingerprint density at radius 1 is 1.21 bits per heavy atom. The van der Waals surface area contributed by atoms with Crippen molar-refractivity contribution in [3.8, 4) is 23.0 Å². The molecule has 2 aliphatic rings. The van der Waals surface area contributed by atoms with Crippen molar-refractivity contribution in [1.82, 2.24) is 19.7 Å². The van der Waals surface area contributed by atoms with Crippen LogP contribution in [-0.2, 0) is 4.79 Å². The number of piperidine rings is 1. The van der Waals surface area contributed by atoms with E-state index < -0.39 is 0 Å². The summed E-state index contributed by atoms with van der Waals surface area (Å²) in [6.45, 7) is 7.81. The lowest BCUT2D eigenvalue weighted by Gasteiger charge is -2.40. The number of ether oxygens (including phenoxy) is 1. The molecule has 2 atom stereocenters. The molecule has 0 radical (unpaired) electrons. The van der Waals surface area contributed by atoms with E-state index in [1.165, 1.54) is 18.2 Å². The van der Waals surface area contributed by atoms with Gasteiger partial charge in [-0.25, -0.2) is 0 Å². The Morgan fingerprint density at radius 2 is 2.03 bits per heavy atom. The number of benzene rings is 1. The van der Waals surface area contributed by atoms with Gasteiger partial charge in [-0.3, -0.25) is 9.36 Å². The van der Waals surface area contributed by atoms with Gasteiger partial charge in [0.05, 0.1) is 24.8 Å². The van der Waals surface area contributed by atoms with Gasteiger partial charge in [0.25, 0.3) is 0 Å². The first kappa shape index (κ1) is 22.1. The molecule has 0 N–H and O–H groups in total. The lowest BCUT2D eigenvalue weighted by Crippen LogP contribution is -2.49. The van der Waals surface area contributed by atoms with Crippen LogP contribution in [0.4, 0.5) is 0 Å². The fraction of sp³-hybridized carbons (Fsp3) is 0.480. The number of carbonyl (C=O) groups excluding carboxylic acids is 1. The first-order valence-electron chi connectivity index (χ1n) is 11.4. The topological polar surface area (TPSA) is 73.4 Å². The maximum absolute atomic E-state index is 13.4. The first-order valence-corrected chi connectivity index (χ1v) is 12.3. The summed E-state index contributed by atoms with van der Waals surface area (Å²) in [6, 6.07) is 11.7. The molecule has 5 rings (SSSR count). The minimum atomic E-state index is 0.148. The predicted molar refractivity (Wildman–Crippen MR) is 128 cm³/mol. The molecule has 7 nitrogen and oxygen atoms in total. The normalized spacial score (nSPS) is 23.6. The molecule has 1 saturated heterocycles. The molecule has 0 spiro atoms. The molecule has 2 fully saturated rings. The highest BCUT2D eigenvalue weighted by Gasteiger charge is 2.53. The Hall–Kier alpha value is -2.74. The fourth-order valence-corrected chi connectivity index (χ4v) is 6.60. The van der Waals surface area contributed by atoms with Gasteiger partial charge in [-0.1, -0.05) is 44.7 Å².